The van der Waals surface area contributed by atoms with E-state index in [4.69, 9.17) is 5.26 Å². The van der Waals surface area contributed by atoms with Gasteiger partial charge in [0, 0.05) is 31.2 Å². The van der Waals surface area contributed by atoms with Gasteiger partial charge >= 0.3 is 0 Å². The summed E-state index contributed by atoms with van der Waals surface area (Å²) in [6, 6.07) is 9.07. The summed E-state index contributed by atoms with van der Waals surface area (Å²) in [5.41, 5.74) is 1.86. The van der Waals surface area contributed by atoms with E-state index < -0.39 is 0 Å². The van der Waals surface area contributed by atoms with Gasteiger partial charge < -0.3 is 10.2 Å². The molecule has 0 aliphatic rings. The zero-order valence-corrected chi connectivity index (χ0v) is 14.0. The van der Waals surface area contributed by atoms with Crippen molar-refractivity contribution in [3.05, 3.63) is 47.8 Å². The lowest BCUT2D eigenvalue weighted by Crippen LogP contribution is -2.32. The van der Waals surface area contributed by atoms with Crippen LogP contribution in [0.25, 0.3) is 0 Å². The van der Waals surface area contributed by atoms with Crippen molar-refractivity contribution in [3.63, 3.8) is 0 Å². The summed E-state index contributed by atoms with van der Waals surface area (Å²) in [6.45, 7) is 5.57. The summed E-state index contributed by atoms with van der Waals surface area (Å²) < 4.78 is 0. The highest BCUT2D eigenvalue weighted by atomic mass is 16.2. The van der Waals surface area contributed by atoms with Gasteiger partial charge in [-0.3, -0.25) is 4.79 Å². The summed E-state index contributed by atoms with van der Waals surface area (Å²) in [7, 11) is 0. The van der Waals surface area contributed by atoms with Crippen molar-refractivity contribution in [1.29, 1.82) is 5.26 Å². The minimum absolute atomic E-state index is 0.0383. The van der Waals surface area contributed by atoms with Crippen molar-refractivity contribution in [2.75, 3.05) is 18.4 Å². The number of rotatable bonds is 7. The van der Waals surface area contributed by atoms with Gasteiger partial charge in [-0.2, -0.15) is 5.26 Å². The van der Waals surface area contributed by atoms with Crippen LogP contribution in [0, 0.1) is 11.3 Å². The molecule has 2 aromatic rings. The summed E-state index contributed by atoms with van der Waals surface area (Å²) in [5.74, 6) is 0.373. The van der Waals surface area contributed by atoms with E-state index in [1.165, 1.54) is 0 Å². The van der Waals surface area contributed by atoms with E-state index in [1.807, 2.05) is 4.90 Å². The largest absolute Gasteiger partial charge is 0.339 e. The van der Waals surface area contributed by atoms with E-state index >= 15 is 0 Å². The van der Waals surface area contributed by atoms with Crippen molar-refractivity contribution < 1.29 is 4.79 Å². The summed E-state index contributed by atoms with van der Waals surface area (Å²) >= 11 is 0. The molecule has 0 saturated heterocycles. The smallest absolute Gasteiger partial charge is 0.256 e. The number of benzene rings is 1. The maximum atomic E-state index is 12.5. The third-order valence-electron chi connectivity index (χ3n) is 3.44. The molecule has 0 bridgehead atoms. The molecule has 6 heteroatoms. The van der Waals surface area contributed by atoms with Crippen LogP contribution in [-0.4, -0.2) is 33.9 Å². The Balaban J connectivity index is 2.06. The lowest BCUT2D eigenvalue weighted by Gasteiger charge is -2.21. The van der Waals surface area contributed by atoms with Crippen LogP contribution in [0.15, 0.2) is 36.7 Å². The van der Waals surface area contributed by atoms with E-state index in [-0.39, 0.29) is 5.91 Å². The number of anilines is 2. The van der Waals surface area contributed by atoms with E-state index in [0.717, 1.165) is 31.6 Å². The third kappa shape index (κ3) is 4.53. The fraction of sp³-hybridized carbons (Fsp3) is 0.333. The van der Waals surface area contributed by atoms with Gasteiger partial charge in [0.15, 0.2) is 0 Å². The highest BCUT2D eigenvalue weighted by Gasteiger charge is 2.15. The van der Waals surface area contributed by atoms with Gasteiger partial charge in [0.25, 0.3) is 5.91 Å². The van der Waals surface area contributed by atoms with Crippen LogP contribution < -0.4 is 5.32 Å². The number of amides is 1. The Labute approximate surface area is 142 Å². The molecule has 24 heavy (non-hydrogen) atoms. The molecule has 1 aromatic heterocycles. The van der Waals surface area contributed by atoms with Crippen LogP contribution in [0.1, 0.15) is 42.6 Å². The molecule has 1 heterocycles. The number of carbonyl (C=O) groups is 1. The number of nitrogens with zero attached hydrogens (tertiary/aromatic N) is 4. The molecule has 0 unspecified atom stereocenters. The predicted molar refractivity (Wildman–Crippen MR) is 93.0 cm³/mol. The van der Waals surface area contributed by atoms with Crippen molar-refractivity contribution in [2.24, 2.45) is 0 Å². The quantitative estimate of drug-likeness (QED) is 0.845. The topological polar surface area (TPSA) is 81.9 Å². The third-order valence-corrected chi connectivity index (χ3v) is 3.44. The zero-order chi connectivity index (χ0) is 17.4. The fourth-order valence-corrected chi connectivity index (χ4v) is 2.30. The maximum Gasteiger partial charge on any atom is 0.256 e. The molecule has 0 atom stereocenters. The van der Waals surface area contributed by atoms with Crippen LogP contribution in [0.3, 0.4) is 0 Å². The highest BCUT2D eigenvalue weighted by molar-refractivity contribution is 5.93. The number of aromatic nitrogens is 2. The molecular weight excluding hydrogens is 302 g/mol. The highest BCUT2D eigenvalue weighted by Crippen LogP contribution is 2.14. The number of hydrogen-bond donors (Lipinski definition) is 1. The standard InChI is InChI=1S/C18H21N5O/c1-3-9-23(10-4-2)17(24)15-12-20-18(21-13-15)22-16-7-5-14(11-19)6-8-16/h5-8,12-13H,3-4,9-10H2,1-2H3,(H,20,21,22). The average Bonchev–Trinajstić information content (AvgIpc) is 2.62. The molecule has 0 aliphatic carbocycles. The first-order chi connectivity index (χ1) is 11.7. The Morgan fingerprint density at radius 1 is 1.12 bits per heavy atom. The van der Waals surface area contributed by atoms with Crippen LogP contribution in [0.2, 0.25) is 0 Å². The van der Waals surface area contributed by atoms with E-state index in [2.05, 4.69) is 35.2 Å². The van der Waals surface area contributed by atoms with Gasteiger partial charge in [-0.1, -0.05) is 13.8 Å². The molecule has 0 aliphatic heterocycles. The van der Waals surface area contributed by atoms with Gasteiger partial charge in [0.05, 0.1) is 17.2 Å². The van der Waals surface area contributed by atoms with Crippen LogP contribution in [0.5, 0.6) is 0 Å². The lowest BCUT2D eigenvalue weighted by atomic mass is 10.2. The Kier molecular flexibility index (Phi) is 6.26. The molecule has 0 radical (unpaired) electrons. The molecule has 1 amide bonds. The minimum Gasteiger partial charge on any atom is -0.339 e. The van der Waals surface area contributed by atoms with Gasteiger partial charge in [-0.15, -0.1) is 0 Å². The lowest BCUT2D eigenvalue weighted by molar-refractivity contribution is 0.0754. The van der Waals surface area contributed by atoms with E-state index in [1.54, 1.807) is 36.7 Å². The van der Waals surface area contributed by atoms with Gasteiger partial charge in [0.2, 0.25) is 5.95 Å². The van der Waals surface area contributed by atoms with E-state index in [0.29, 0.717) is 17.1 Å². The van der Waals surface area contributed by atoms with Crippen LogP contribution in [0.4, 0.5) is 11.6 Å². The molecule has 0 saturated carbocycles. The Morgan fingerprint density at radius 3 is 2.21 bits per heavy atom. The van der Waals surface area contributed by atoms with Crippen LogP contribution in [-0.2, 0) is 0 Å². The molecule has 6 nitrogen and oxygen atoms in total. The summed E-state index contributed by atoms with van der Waals surface area (Å²) in [4.78, 5) is 22.7. The second-order valence-corrected chi connectivity index (χ2v) is 5.40. The average molecular weight is 323 g/mol. The molecule has 2 rings (SSSR count). The second kappa shape index (κ2) is 8.63. The molecular formula is C18H21N5O. The van der Waals surface area contributed by atoms with Crippen molar-refractivity contribution in [3.8, 4) is 6.07 Å². The minimum atomic E-state index is -0.0383. The normalized spacial score (nSPS) is 10.0. The Hall–Kier alpha value is -2.94. The second-order valence-electron chi connectivity index (χ2n) is 5.40. The SMILES string of the molecule is CCCN(CCC)C(=O)c1cnc(Nc2ccc(C#N)cc2)nc1. The maximum absolute atomic E-state index is 12.5. The van der Waals surface area contributed by atoms with Crippen LogP contribution >= 0.6 is 0 Å². The predicted octanol–water partition coefficient (Wildman–Crippen LogP) is 3.35. The zero-order valence-electron chi connectivity index (χ0n) is 14.0. The van der Waals surface area contributed by atoms with Gasteiger partial charge in [-0.25, -0.2) is 9.97 Å². The molecule has 0 spiro atoms. The fourth-order valence-electron chi connectivity index (χ4n) is 2.30. The molecule has 1 aromatic carbocycles. The Morgan fingerprint density at radius 2 is 1.71 bits per heavy atom. The number of carbonyl (C=O) groups excluding carboxylic acids is 1. The molecule has 0 fully saturated rings. The van der Waals surface area contributed by atoms with Crippen molar-refractivity contribution >= 4 is 17.5 Å². The first-order valence-electron chi connectivity index (χ1n) is 8.06. The summed E-state index contributed by atoms with van der Waals surface area (Å²) in [6.07, 6.45) is 4.93. The Bertz CT molecular complexity index is 698. The monoisotopic (exact) mass is 323 g/mol. The van der Waals surface area contributed by atoms with Gasteiger partial charge in [-0.05, 0) is 37.1 Å². The van der Waals surface area contributed by atoms with Gasteiger partial charge in [0.1, 0.15) is 0 Å². The first kappa shape index (κ1) is 17.4. The molecule has 1 N–H and O–H groups in total. The summed E-state index contributed by atoms with van der Waals surface area (Å²) in [5, 5.41) is 11.8. The number of hydrogen-bond acceptors (Lipinski definition) is 5. The van der Waals surface area contributed by atoms with Crippen molar-refractivity contribution in [2.45, 2.75) is 26.7 Å². The first-order valence-corrected chi connectivity index (χ1v) is 8.06. The number of nitrogens with one attached hydrogen (secondary N) is 1. The molecule has 124 valence electrons. The van der Waals surface area contributed by atoms with Crippen molar-refractivity contribution in [1.82, 2.24) is 14.9 Å². The number of nitriles is 1. The van der Waals surface area contributed by atoms with E-state index in [9.17, 15) is 4.79 Å².